The number of benzene rings is 3. The molecule has 39 heavy (non-hydrogen) atoms. The Kier molecular flexibility index (Phi) is 7.21. The minimum Gasteiger partial charge on any atom is -0.322 e. The van der Waals surface area contributed by atoms with Gasteiger partial charge in [-0.25, -0.2) is 0 Å². The Morgan fingerprint density at radius 2 is 1.41 bits per heavy atom. The molecule has 7 nitrogen and oxygen atoms in total. The van der Waals surface area contributed by atoms with Gasteiger partial charge in [0, 0.05) is 62.8 Å². The zero-order valence-electron chi connectivity index (χ0n) is 21.7. The van der Waals surface area contributed by atoms with Gasteiger partial charge in [0.2, 0.25) is 11.8 Å². The van der Waals surface area contributed by atoms with E-state index in [1.807, 2.05) is 24.3 Å². The topological polar surface area (TPSA) is 73.0 Å². The molecule has 3 heterocycles. The molecule has 200 valence electrons. The second-order valence-corrected chi connectivity index (χ2v) is 11.0. The number of piperazine rings is 1. The minimum atomic E-state index is -0.588. The van der Waals surface area contributed by atoms with Gasteiger partial charge < -0.3 is 4.90 Å². The number of halogens is 1. The molecule has 3 aliphatic rings. The third-order valence-electron chi connectivity index (χ3n) is 8.10. The molecular weight excluding hydrogens is 512 g/mol. The Labute approximate surface area is 233 Å². The Morgan fingerprint density at radius 1 is 0.769 bits per heavy atom. The number of hydrogen-bond donors (Lipinski definition) is 1. The van der Waals surface area contributed by atoms with Crippen molar-refractivity contribution < 1.29 is 14.4 Å². The highest BCUT2D eigenvalue weighted by Gasteiger charge is 2.39. The van der Waals surface area contributed by atoms with Crippen LogP contribution in [0.25, 0.3) is 11.1 Å². The van der Waals surface area contributed by atoms with Crippen molar-refractivity contribution in [3.8, 4) is 11.1 Å². The molecule has 3 aliphatic heterocycles. The maximum Gasteiger partial charge on any atom is 0.255 e. The molecule has 0 bridgehead atoms. The first-order valence-corrected chi connectivity index (χ1v) is 13.9. The van der Waals surface area contributed by atoms with Gasteiger partial charge in [-0.3, -0.25) is 29.5 Å². The monoisotopic (exact) mass is 542 g/mol. The predicted octanol–water partition coefficient (Wildman–Crippen LogP) is 4.09. The first-order chi connectivity index (χ1) is 19.0. The normalized spacial score (nSPS) is 20.3. The van der Waals surface area contributed by atoms with Crippen molar-refractivity contribution in [1.82, 2.24) is 20.0 Å². The maximum absolute atomic E-state index is 13.2. The van der Waals surface area contributed by atoms with E-state index in [9.17, 15) is 14.4 Å². The van der Waals surface area contributed by atoms with E-state index in [2.05, 4.69) is 57.6 Å². The van der Waals surface area contributed by atoms with Crippen LogP contribution >= 0.6 is 11.6 Å². The molecule has 3 aromatic rings. The average molecular weight is 543 g/mol. The third-order valence-corrected chi connectivity index (χ3v) is 8.36. The maximum atomic E-state index is 13.2. The van der Waals surface area contributed by atoms with Gasteiger partial charge >= 0.3 is 0 Å². The molecule has 1 unspecified atom stereocenters. The Balaban J connectivity index is 1.09. The molecule has 1 atom stereocenters. The lowest BCUT2D eigenvalue weighted by Crippen LogP contribution is -2.52. The fourth-order valence-electron chi connectivity index (χ4n) is 5.95. The second-order valence-electron chi connectivity index (χ2n) is 10.6. The smallest absolute Gasteiger partial charge is 0.255 e. The molecule has 2 fully saturated rings. The number of carbonyl (C=O) groups excluding carboxylic acids is 3. The van der Waals surface area contributed by atoms with Crippen molar-refractivity contribution in [2.45, 2.75) is 38.5 Å². The summed E-state index contributed by atoms with van der Waals surface area (Å²) in [5.74, 6) is -0.762. The van der Waals surface area contributed by atoms with E-state index in [1.54, 1.807) is 4.90 Å². The van der Waals surface area contributed by atoms with E-state index in [0.29, 0.717) is 18.5 Å². The zero-order valence-corrected chi connectivity index (χ0v) is 22.5. The molecule has 0 saturated carbocycles. The zero-order chi connectivity index (χ0) is 26.9. The number of amides is 3. The summed E-state index contributed by atoms with van der Waals surface area (Å²) in [6, 6.07) is 21.9. The molecule has 3 aromatic carbocycles. The molecule has 6 rings (SSSR count). The lowest BCUT2D eigenvalue weighted by Gasteiger charge is -2.35. The molecule has 3 amide bonds. The van der Waals surface area contributed by atoms with Crippen molar-refractivity contribution in [2.24, 2.45) is 0 Å². The molecule has 0 spiro atoms. The summed E-state index contributed by atoms with van der Waals surface area (Å²) in [5, 5.41) is 3.12. The molecule has 0 aliphatic carbocycles. The Morgan fingerprint density at radius 3 is 2.13 bits per heavy atom. The van der Waals surface area contributed by atoms with Crippen LogP contribution in [0.4, 0.5) is 0 Å². The van der Waals surface area contributed by atoms with Gasteiger partial charge in [0.1, 0.15) is 6.04 Å². The van der Waals surface area contributed by atoms with E-state index in [4.69, 9.17) is 11.6 Å². The Hall–Kier alpha value is -3.52. The number of hydrogen-bond acceptors (Lipinski definition) is 5. The van der Waals surface area contributed by atoms with Crippen molar-refractivity contribution in [2.75, 3.05) is 26.2 Å². The largest absolute Gasteiger partial charge is 0.322 e. The van der Waals surface area contributed by atoms with Gasteiger partial charge in [-0.2, -0.15) is 0 Å². The van der Waals surface area contributed by atoms with Crippen LogP contribution in [0, 0.1) is 0 Å². The highest BCUT2D eigenvalue weighted by molar-refractivity contribution is 6.30. The van der Waals surface area contributed by atoms with Crippen LogP contribution in [-0.2, 0) is 29.2 Å². The SMILES string of the molecule is O=C1CCC(N2Cc3c(CN4CCN(Cc5ccccc5-c5ccc(Cl)cc5)CC4)cccc3C2=O)C(=O)N1. The average Bonchev–Trinajstić information content (AvgIpc) is 3.28. The van der Waals surface area contributed by atoms with Gasteiger partial charge in [0.25, 0.3) is 5.91 Å². The third kappa shape index (κ3) is 5.35. The highest BCUT2D eigenvalue weighted by Crippen LogP contribution is 2.31. The van der Waals surface area contributed by atoms with Gasteiger partial charge in [0.15, 0.2) is 0 Å². The van der Waals surface area contributed by atoms with Crippen LogP contribution in [0.15, 0.2) is 66.7 Å². The van der Waals surface area contributed by atoms with Crippen LogP contribution < -0.4 is 5.32 Å². The number of rotatable bonds is 6. The van der Waals surface area contributed by atoms with E-state index in [0.717, 1.165) is 55.4 Å². The van der Waals surface area contributed by atoms with E-state index < -0.39 is 6.04 Å². The van der Waals surface area contributed by atoms with Gasteiger partial charge in [0.05, 0.1) is 0 Å². The fourth-order valence-corrected chi connectivity index (χ4v) is 6.08. The summed E-state index contributed by atoms with van der Waals surface area (Å²) in [4.78, 5) is 43.7. The molecular formula is C31H31ClN4O3. The van der Waals surface area contributed by atoms with Gasteiger partial charge in [-0.1, -0.05) is 60.1 Å². The van der Waals surface area contributed by atoms with Crippen molar-refractivity contribution >= 4 is 29.3 Å². The molecule has 1 N–H and O–H groups in total. The van der Waals surface area contributed by atoms with Crippen molar-refractivity contribution in [1.29, 1.82) is 0 Å². The summed E-state index contributed by atoms with van der Waals surface area (Å²) in [7, 11) is 0. The molecule has 8 heteroatoms. The van der Waals surface area contributed by atoms with Crippen LogP contribution in [0.5, 0.6) is 0 Å². The lowest BCUT2D eigenvalue weighted by molar-refractivity contribution is -0.136. The number of nitrogens with one attached hydrogen (secondary N) is 1. The van der Waals surface area contributed by atoms with E-state index >= 15 is 0 Å². The lowest BCUT2D eigenvalue weighted by atomic mass is 9.99. The summed E-state index contributed by atoms with van der Waals surface area (Å²) < 4.78 is 0. The summed E-state index contributed by atoms with van der Waals surface area (Å²) in [5.41, 5.74) is 6.54. The number of carbonyl (C=O) groups is 3. The summed E-state index contributed by atoms with van der Waals surface area (Å²) >= 11 is 6.10. The van der Waals surface area contributed by atoms with Crippen molar-refractivity contribution in [3.63, 3.8) is 0 Å². The molecule has 0 aromatic heterocycles. The number of fused-ring (bicyclic) bond motifs is 1. The van der Waals surface area contributed by atoms with Crippen LogP contribution in [0.1, 0.15) is 39.9 Å². The summed E-state index contributed by atoms with van der Waals surface area (Å²) in [6.45, 7) is 5.89. The molecule has 2 saturated heterocycles. The predicted molar refractivity (Wildman–Crippen MR) is 150 cm³/mol. The van der Waals surface area contributed by atoms with E-state index in [1.165, 1.54) is 16.7 Å². The minimum absolute atomic E-state index is 0.120. The van der Waals surface area contributed by atoms with Gasteiger partial charge in [-0.15, -0.1) is 0 Å². The quantitative estimate of drug-likeness (QED) is 0.475. The van der Waals surface area contributed by atoms with E-state index in [-0.39, 0.29) is 24.1 Å². The number of piperidine rings is 1. The van der Waals surface area contributed by atoms with Crippen LogP contribution in [0.3, 0.4) is 0 Å². The number of imide groups is 1. The van der Waals surface area contributed by atoms with Crippen LogP contribution in [-0.4, -0.2) is 64.6 Å². The molecule has 0 radical (unpaired) electrons. The first kappa shape index (κ1) is 25.7. The van der Waals surface area contributed by atoms with Crippen LogP contribution in [0.2, 0.25) is 5.02 Å². The first-order valence-electron chi connectivity index (χ1n) is 13.5. The highest BCUT2D eigenvalue weighted by atomic mass is 35.5. The standard InChI is InChI=1S/C31H31ClN4O3/c32-24-10-8-21(9-11-24)25-6-2-1-4-22(25)18-34-14-16-35(17-15-34)19-23-5-3-7-26-27(23)20-36(31(26)39)28-12-13-29(37)33-30(28)38/h1-11,28H,12-20H2,(H,33,37,38). The summed E-state index contributed by atoms with van der Waals surface area (Å²) in [6.07, 6.45) is 0.640. The van der Waals surface area contributed by atoms with Gasteiger partial charge in [-0.05, 0) is 52.4 Å². The van der Waals surface area contributed by atoms with Crippen molar-refractivity contribution in [3.05, 3.63) is 94.0 Å². The second kappa shape index (κ2) is 10.9. The fraction of sp³-hybridized carbons (Fsp3) is 0.323. The number of nitrogens with zero attached hydrogens (tertiary/aromatic N) is 3. The Bertz CT molecular complexity index is 1420.